The third-order valence-corrected chi connectivity index (χ3v) is 3.38. The van der Waals surface area contributed by atoms with E-state index in [1.165, 1.54) is 11.8 Å². The van der Waals surface area contributed by atoms with Crippen LogP contribution in [0.15, 0.2) is 22.8 Å². The van der Waals surface area contributed by atoms with Gasteiger partial charge in [0.25, 0.3) is 0 Å². The maximum absolute atomic E-state index is 10.4. The Morgan fingerprint density at radius 1 is 1.50 bits per heavy atom. The predicted octanol–water partition coefficient (Wildman–Crippen LogP) is 2.32. The van der Waals surface area contributed by atoms with Crippen LogP contribution >= 0.6 is 27.5 Å². The predicted molar refractivity (Wildman–Crippen MR) is 70.8 cm³/mol. The molecule has 2 rings (SSSR count). The van der Waals surface area contributed by atoms with Crippen molar-refractivity contribution in [1.29, 1.82) is 0 Å². The van der Waals surface area contributed by atoms with Crippen LogP contribution in [0.2, 0.25) is 5.02 Å². The Morgan fingerprint density at radius 3 is 2.78 bits per heavy atom. The number of hydrogen-bond donors (Lipinski definition) is 1. The number of methoxy groups -OCH3 is 1. The summed E-state index contributed by atoms with van der Waals surface area (Å²) >= 11 is 9.14. The summed E-state index contributed by atoms with van der Waals surface area (Å²) in [7, 11) is 3.23. The molecule has 1 unspecified atom stereocenters. The van der Waals surface area contributed by atoms with Crippen molar-refractivity contribution in [3.63, 3.8) is 0 Å². The molecule has 0 aliphatic rings. The lowest BCUT2D eigenvalue weighted by molar-refractivity contribution is 0.204. The van der Waals surface area contributed by atoms with Gasteiger partial charge >= 0.3 is 0 Å². The number of nitrogens with zero attached hydrogens (tertiary/aromatic N) is 3. The van der Waals surface area contributed by atoms with Crippen LogP contribution in [0, 0.1) is 0 Å². The van der Waals surface area contributed by atoms with Gasteiger partial charge in [0.2, 0.25) is 0 Å². The van der Waals surface area contributed by atoms with E-state index in [2.05, 4.69) is 26.2 Å². The number of hydrogen-bond acceptors (Lipinski definition) is 4. The molecule has 0 aliphatic heterocycles. The Hall–Kier alpha value is -1.11. The molecule has 1 atom stereocenters. The summed E-state index contributed by atoms with van der Waals surface area (Å²) in [6.45, 7) is 0. The van der Waals surface area contributed by atoms with Gasteiger partial charge in [-0.1, -0.05) is 22.9 Å². The number of benzene rings is 1. The van der Waals surface area contributed by atoms with E-state index in [1.54, 1.807) is 25.2 Å². The molecule has 0 saturated heterocycles. The summed E-state index contributed by atoms with van der Waals surface area (Å²) in [5, 5.41) is 18.6. The van der Waals surface area contributed by atoms with Gasteiger partial charge in [-0.25, -0.2) is 4.68 Å². The minimum Gasteiger partial charge on any atom is -0.496 e. The van der Waals surface area contributed by atoms with Gasteiger partial charge in [0, 0.05) is 17.6 Å². The molecule has 1 N–H and O–H groups in total. The largest absolute Gasteiger partial charge is 0.496 e. The smallest absolute Gasteiger partial charge is 0.154 e. The normalized spacial score (nSPS) is 12.5. The van der Waals surface area contributed by atoms with E-state index in [1.807, 2.05) is 0 Å². The second-order valence-electron chi connectivity index (χ2n) is 3.68. The molecule has 7 heteroatoms. The molecule has 0 amide bonds. The molecule has 96 valence electrons. The van der Waals surface area contributed by atoms with E-state index in [0.717, 1.165) is 0 Å². The number of ether oxygens (including phenoxy) is 1. The van der Waals surface area contributed by atoms with Crippen LogP contribution in [-0.2, 0) is 7.05 Å². The molecule has 0 fully saturated rings. The molecule has 5 nitrogen and oxygen atoms in total. The molecule has 1 aromatic heterocycles. The van der Waals surface area contributed by atoms with Crippen LogP contribution in [0.5, 0.6) is 5.75 Å². The van der Waals surface area contributed by atoms with Crippen LogP contribution in [0.25, 0.3) is 0 Å². The third-order valence-electron chi connectivity index (χ3n) is 2.58. The van der Waals surface area contributed by atoms with Crippen LogP contribution in [0.4, 0.5) is 0 Å². The number of aryl methyl sites for hydroxylation is 1. The Balaban J connectivity index is 2.49. The highest BCUT2D eigenvalue weighted by Gasteiger charge is 2.22. The zero-order chi connectivity index (χ0) is 13.3. The summed E-state index contributed by atoms with van der Waals surface area (Å²) in [5.74, 6) is 0.517. The van der Waals surface area contributed by atoms with Crippen LogP contribution < -0.4 is 4.74 Å². The van der Waals surface area contributed by atoms with Crippen molar-refractivity contribution in [3.8, 4) is 5.75 Å². The summed E-state index contributed by atoms with van der Waals surface area (Å²) < 4.78 is 7.21. The van der Waals surface area contributed by atoms with Gasteiger partial charge < -0.3 is 9.84 Å². The minimum atomic E-state index is -0.897. The van der Waals surface area contributed by atoms with Gasteiger partial charge in [-0.3, -0.25) is 0 Å². The lowest BCUT2D eigenvalue weighted by Gasteiger charge is -2.15. The molecule has 0 radical (unpaired) electrons. The average Bonchev–Trinajstić information content (AvgIpc) is 2.68. The van der Waals surface area contributed by atoms with E-state index in [4.69, 9.17) is 16.3 Å². The first-order chi connectivity index (χ1) is 8.54. The van der Waals surface area contributed by atoms with Crippen molar-refractivity contribution < 1.29 is 9.84 Å². The van der Waals surface area contributed by atoms with E-state index >= 15 is 0 Å². The quantitative estimate of drug-likeness (QED) is 0.937. The fourth-order valence-electron chi connectivity index (χ4n) is 1.69. The molecular weight excluding hydrogens is 321 g/mol. The number of aromatic nitrogens is 3. The molecule has 2 aromatic rings. The SMILES string of the molecule is COc1cc(Cl)ccc1C(O)c1c(Br)nnn1C. The van der Waals surface area contributed by atoms with E-state index in [-0.39, 0.29) is 0 Å². The Labute approximate surface area is 117 Å². The van der Waals surface area contributed by atoms with Crippen molar-refractivity contribution >= 4 is 27.5 Å². The Kier molecular flexibility index (Phi) is 3.89. The third kappa shape index (κ3) is 2.36. The van der Waals surface area contributed by atoms with Crippen LogP contribution in [-0.4, -0.2) is 27.2 Å². The summed E-state index contributed by atoms with van der Waals surface area (Å²) in [6.07, 6.45) is -0.897. The minimum absolute atomic E-state index is 0.495. The molecule has 0 aliphatic carbocycles. The van der Waals surface area contributed by atoms with Crippen LogP contribution in [0.3, 0.4) is 0 Å². The molecule has 1 heterocycles. The van der Waals surface area contributed by atoms with Crippen molar-refractivity contribution in [1.82, 2.24) is 15.0 Å². The van der Waals surface area contributed by atoms with Crippen molar-refractivity contribution in [2.45, 2.75) is 6.10 Å². The van der Waals surface area contributed by atoms with Crippen molar-refractivity contribution in [2.75, 3.05) is 7.11 Å². The summed E-state index contributed by atoms with van der Waals surface area (Å²) in [5.41, 5.74) is 1.16. The van der Waals surface area contributed by atoms with E-state index in [9.17, 15) is 5.11 Å². The number of halogens is 2. The standard InChI is InChI=1S/C11H11BrClN3O2/c1-16-9(11(12)14-15-16)10(17)7-4-3-6(13)5-8(7)18-2/h3-5,10,17H,1-2H3. The first-order valence-corrected chi connectivity index (χ1v) is 6.28. The highest BCUT2D eigenvalue weighted by Crippen LogP contribution is 2.33. The molecule has 1 aromatic carbocycles. The van der Waals surface area contributed by atoms with Gasteiger partial charge in [0.15, 0.2) is 4.60 Å². The molecule has 0 spiro atoms. The lowest BCUT2D eigenvalue weighted by atomic mass is 10.1. The monoisotopic (exact) mass is 331 g/mol. The fourth-order valence-corrected chi connectivity index (χ4v) is 2.39. The van der Waals surface area contributed by atoms with Gasteiger partial charge in [0.1, 0.15) is 17.5 Å². The van der Waals surface area contributed by atoms with Crippen molar-refractivity contribution in [2.24, 2.45) is 7.05 Å². The van der Waals surface area contributed by atoms with E-state index < -0.39 is 6.10 Å². The van der Waals surface area contributed by atoms with E-state index in [0.29, 0.717) is 26.6 Å². The number of rotatable bonds is 3. The summed E-state index contributed by atoms with van der Waals surface area (Å²) in [6, 6.07) is 5.06. The van der Waals surface area contributed by atoms with Crippen LogP contribution in [0.1, 0.15) is 17.4 Å². The van der Waals surface area contributed by atoms with Gasteiger partial charge in [-0.05, 0) is 28.1 Å². The highest BCUT2D eigenvalue weighted by atomic mass is 79.9. The maximum atomic E-state index is 10.4. The first-order valence-electron chi connectivity index (χ1n) is 5.11. The highest BCUT2D eigenvalue weighted by molar-refractivity contribution is 9.10. The maximum Gasteiger partial charge on any atom is 0.154 e. The zero-order valence-electron chi connectivity index (χ0n) is 9.76. The molecule has 18 heavy (non-hydrogen) atoms. The Morgan fingerprint density at radius 2 is 2.22 bits per heavy atom. The van der Waals surface area contributed by atoms with Crippen molar-refractivity contribution in [3.05, 3.63) is 39.1 Å². The molecular formula is C11H11BrClN3O2. The molecule has 0 saturated carbocycles. The summed E-state index contributed by atoms with van der Waals surface area (Å²) in [4.78, 5) is 0. The number of aliphatic hydroxyl groups is 1. The second kappa shape index (κ2) is 5.26. The van der Waals surface area contributed by atoms with Gasteiger partial charge in [-0.15, -0.1) is 5.10 Å². The zero-order valence-corrected chi connectivity index (χ0v) is 12.1. The fraction of sp³-hybridized carbons (Fsp3) is 0.273. The van der Waals surface area contributed by atoms with Gasteiger partial charge in [0.05, 0.1) is 7.11 Å². The average molecular weight is 333 g/mol. The van der Waals surface area contributed by atoms with Gasteiger partial charge in [-0.2, -0.15) is 0 Å². The molecule has 0 bridgehead atoms. The Bertz CT molecular complexity index is 554. The number of aliphatic hydroxyl groups excluding tert-OH is 1. The lowest BCUT2D eigenvalue weighted by Crippen LogP contribution is -2.08. The second-order valence-corrected chi connectivity index (χ2v) is 4.87. The first kappa shape index (κ1) is 13.3. The topological polar surface area (TPSA) is 60.2 Å².